The predicted octanol–water partition coefficient (Wildman–Crippen LogP) is 1.90. The minimum Gasteiger partial charge on any atom is -0.381 e. The molecule has 0 bridgehead atoms. The molecule has 2 atom stereocenters. The summed E-state index contributed by atoms with van der Waals surface area (Å²) < 4.78 is 5.47. The molecule has 1 aliphatic heterocycles. The van der Waals surface area contributed by atoms with Crippen LogP contribution < -0.4 is 5.73 Å². The van der Waals surface area contributed by atoms with Crippen molar-refractivity contribution in [2.24, 2.45) is 11.7 Å². The molecular weight excluding hydrogens is 186 g/mol. The molecule has 0 radical (unpaired) electrons. The zero-order chi connectivity index (χ0) is 10.7. The molecule has 1 aromatic rings. The van der Waals surface area contributed by atoms with Gasteiger partial charge in [-0.3, -0.25) is 0 Å². The molecule has 2 heteroatoms. The van der Waals surface area contributed by atoms with Gasteiger partial charge in [0.25, 0.3) is 0 Å². The predicted molar refractivity (Wildman–Crippen MR) is 61.8 cm³/mol. The molecule has 0 aromatic heterocycles. The zero-order valence-electron chi connectivity index (χ0n) is 9.28. The molecule has 2 rings (SSSR count). The molecule has 2 nitrogen and oxygen atoms in total. The molecule has 1 saturated heterocycles. The van der Waals surface area contributed by atoms with Gasteiger partial charge < -0.3 is 10.5 Å². The van der Waals surface area contributed by atoms with Crippen molar-refractivity contribution in [3.05, 3.63) is 35.4 Å². The lowest BCUT2D eigenvalue weighted by atomic mass is 9.90. The number of hydrogen-bond acceptors (Lipinski definition) is 2. The Morgan fingerprint density at radius 3 is 2.73 bits per heavy atom. The van der Waals surface area contributed by atoms with Gasteiger partial charge in [0.15, 0.2) is 0 Å². The SMILES string of the molecule is Cc1ccc(C[C@@H]2COCC[C@@H]2N)cc1. The minimum absolute atomic E-state index is 0.306. The average Bonchev–Trinajstić information content (AvgIpc) is 2.25. The van der Waals surface area contributed by atoms with E-state index >= 15 is 0 Å². The third kappa shape index (κ3) is 2.80. The molecule has 1 aromatic carbocycles. The van der Waals surface area contributed by atoms with Crippen molar-refractivity contribution in [3.8, 4) is 0 Å². The van der Waals surface area contributed by atoms with Gasteiger partial charge in [0.2, 0.25) is 0 Å². The van der Waals surface area contributed by atoms with Crippen LogP contribution in [0, 0.1) is 12.8 Å². The zero-order valence-corrected chi connectivity index (χ0v) is 9.28. The summed E-state index contributed by atoms with van der Waals surface area (Å²) in [6, 6.07) is 9.00. The first-order chi connectivity index (χ1) is 7.25. The van der Waals surface area contributed by atoms with Gasteiger partial charge in [0.1, 0.15) is 0 Å². The molecule has 1 aliphatic rings. The Morgan fingerprint density at radius 1 is 1.33 bits per heavy atom. The van der Waals surface area contributed by atoms with Crippen LogP contribution in [-0.4, -0.2) is 19.3 Å². The van der Waals surface area contributed by atoms with E-state index in [1.54, 1.807) is 0 Å². The van der Waals surface area contributed by atoms with Crippen LogP contribution in [0.2, 0.25) is 0 Å². The highest BCUT2D eigenvalue weighted by Crippen LogP contribution is 2.18. The Kier molecular flexibility index (Phi) is 3.39. The summed E-state index contributed by atoms with van der Waals surface area (Å²) in [5, 5.41) is 0. The molecule has 2 N–H and O–H groups in total. The highest BCUT2D eigenvalue weighted by atomic mass is 16.5. The molecule has 1 heterocycles. The number of ether oxygens (including phenoxy) is 1. The number of nitrogens with two attached hydrogens (primary N) is 1. The van der Waals surface area contributed by atoms with Crippen LogP contribution in [0.5, 0.6) is 0 Å². The fraction of sp³-hybridized carbons (Fsp3) is 0.538. The molecule has 0 amide bonds. The van der Waals surface area contributed by atoms with Crippen molar-refractivity contribution < 1.29 is 4.74 Å². The first kappa shape index (κ1) is 10.7. The topological polar surface area (TPSA) is 35.2 Å². The Bertz CT molecular complexity index is 307. The van der Waals surface area contributed by atoms with Crippen molar-refractivity contribution in [1.29, 1.82) is 0 Å². The third-order valence-electron chi connectivity index (χ3n) is 3.15. The molecule has 1 fully saturated rings. The lowest BCUT2D eigenvalue weighted by Gasteiger charge is -2.28. The van der Waals surface area contributed by atoms with Crippen LogP contribution in [0.1, 0.15) is 17.5 Å². The molecule has 0 saturated carbocycles. The number of rotatable bonds is 2. The van der Waals surface area contributed by atoms with Gasteiger partial charge in [-0.2, -0.15) is 0 Å². The Labute approximate surface area is 91.4 Å². The van der Waals surface area contributed by atoms with Crippen LogP contribution in [0.15, 0.2) is 24.3 Å². The van der Waals surface area contributed by atoms with E-state index in [1.165, 1.54) is 11.1 Å². The second-order valence-electron chi connectivity index (χ2n) is 4.48. The molecule has 82 valence electrons. The van der Waals surface area contributed by atoms with Gasteiger partial charge in [-0.05, 0) is 25.3 Å². The second kappa shape index (κ2) is 4.77. The molecule has 0 spiro atoms. The summed E-state index contributed by atoms with van der Waals surface area (Å²) in [4.78, 5) is 0. The van der Waals surface area contributed by atoms with Gasteiger partial charge in [0, 0.05) is 18.6 Å². The Hall–Kier alpha value is -0.860. The van der Waals surface area contributed by atoms with Crippen LogP contribution in [0.25, 0.3) is 0 Å². The van der Waals surface area contributed by atoms with Gasteiger partial charge in [-0.25, -0.2) is 0 Å². The Balaban J connectivity index is 1.98. The van der Waals surface area contributed by atoms with Gasteiger partial charge >= 0.3 is 0 Å². The first-order valence-electron chi connectivity index (χ1n) is 5.64. The van der Waals surface area contributed by atoms with Crippen LogP contribution in [-0.2, 0) is 11.2 Å². The standard InChI is InChI=1S/C13H19NO/c1-10-2-4-11(5-3-10)8-12-9-15-7-6-13(12)14/h2-5,12-13H,6-9,14H2,1H3/t12-,13+/m1/s1. The molecule has 15 heavy (non-hydrogen) atoms. The summed E-state index contributed by atoms with van der Waals surface area (Å²) in [6.45, 7) is 3.75. The van der Waals surface area contributed by atoms with Crippen molar-refractivity contribution >= 4 is 0 Å². The molecular formula is C13H19NO. The smallest absolute Gasteiger partial charge is 0.0512 e. The lowest BCUT2D eigenvalue weighted by molar-refractivity contribution is 0.0422. The number of hydrogen-bond donors (Lipinski definition) is 1. The fourth-order valence-electron chi connectivity index (χ4n) is 2.05. The number of benzene rings is 1. The van der Waals surface area contributed by atoms with Crippen molar-refractivity contribution in [2.75, 3.05) is 13.2 Å². The first-order valence-corrected chi connectivity index (χ1v) is 5.64. The molecule has 0 unspecified atom stereocenters. The van der Waals surface area contributed by atoms with Gasteiger partial charge in [0.05, 0.1) is 6.61 Å². The second-order valence-corrected chi connectivity index (χ2v) is 4.48. The number of aryl methyl sites for hydroxylation is 1. The maximum atomic E-state index is 6.08. The van der Waals surface area contributed by atoms with Gasteiger partial charge in [-0.15, -0.1) is 0 Å². The molecule has 0 aliphatic carbocycles. The van der Waals surface area contributed by atoms with E-state index in [0.29, 0.717) is 12.0 Å². The van der Waals surface area contributed by atoms with E-state index < -0.39 is 0 Å². The van der Waals surface area contributed by atoms with Crippen molar-refractivity contribution in [1.82, 2.24) is 0 Å². The summed E-state index contributed by atoms with van der Waals surface area (Å²) in [6.07, 6.45) is 2.04. The van der Waals surface area contributed by atoms with Crippen molar-refractivity contribution in [3.63, 3.8) is 0 Å². The minimum atomic E-state index is 0.306. The highest BCUT2D eigenvalue weighted by Gasteiger charge is 2.22. The monoisotopic (exact) mass is 205 g/mol. The van der Waals surface area contributed by atoms with E-state index in [2.05, 4.69) is 31.2 Å². The summed E-state index contributed by atoms with van der Waals surface area (Å²) in [5.41, 5.74) is 8.75. The van der Waals surface area contributed by atoms with E-state index in [4.69, 9.17) is 10.5 Å². The fourth-order valence-corrected chi connectivity index (χ4v) is 2.05. The van der Waals surface area contributed by atoms with E-state index in [9.17, 15) is 0 Å². The van der Waals surface area contributed by atoms with Crippen LogP contribution in [0.3, 0.4) is 0 Å². The van der Waals surface area contributed by atoms with Gasteiger partial charge in [-0.1, -0.05) is 29.8 Å². The maximum Gasteiger partial charge on any atom is 0.0512 e. The summed E-state index contributed by atoms with van der Waals surface area (Å²) in [7, 11) is 0. The average molecular weight is 205 g/mol. The largest absolute Gasteiger partial charge is 0.381 e. The van der Waals surface area contributed by atoms with E-state index in [-0.39, 0.29) is 0 Å². The Morgan fingerprint density at radius 2 is 2.07 bits per heavy atom. The quantitative estimate of drug-likeness (QED) is 0.800. The third-order valence-corrected chi connectivity index (χ3v) is 3.15. The maximum absolute atomic E-state index is 6.08. The van der Waals surface area contributed by atoms with Crippen LogP contribution >= 0.6 is 0 Å². The summed E-state index contributed by atoms with van der Waals surface area (Å²) in [5.74, 6) is 0.487. The van der Waals surface area contributed by atoms with E-state index in [1.807, 2.05) is 0 Å². The normalized spacial score (nSPS) is 26.5. The van der Waals surface area contributed by atoms with Crippen LogP contribution in [0.4, 0.5) is 0 Å². The summed E-state index contributed by atoms with van der Waals surface area (Å²) >= 11 is 0. The lowest BCUT2D eigenvalue weighted by Crippen LogP contribution is -2.39. The van der Waals surface area contributed by atoms with Crippen molar-refractivity contribution in [2.45, 2.75) is 25.8 Å². The highest BCUT2D eigenvalue weighted by molar-refractivity contribution is 5.21. The van der Waals surface area contributed by atoms with E-state index in [0.717, 1.165) is 26.1 Å².